The summed E-state index contributed by atoms with van der Waals surface area (Å²) >= 11 is 5.50. The monoisotopic (exact) mass is 379 g/mol. The summed E-state index contributed by atoms with van der Waals surface area (Å²) in [5, 5.41) is 6.98. The van der Waals surface area contributed by atoms with Gasteiger partial charge in [0.2, 0.25) is 5.91 Å². The van der Waals surface area contributed by atoms with Crippen LogP contribution in [-0.4, -0.2) is 41.6 Å². The molecule has 0 bridgehead atoms. The molecule has 0 unspecified atom stereocenters. The molecule has 0 spiro atoms. The van der Waals surface area contributed by atoms with Gasteiger partial charge in [-0.15, -0.1) is 0 Å². The minimum absolute atomic E-state index is 0.00145. The molecule has 26 heavy (non-hydrogen) atoms. The maximum atomic E-state index is 13.3. The Hall–Kier alpha value is -1.69. The van der Waals surface area contributed by atoms with Gasteiger partial charge in [-0.05, 0) is 56.1 Å². The number of carbonyl (C=O) groups is 1. The summed E-state index contributed by atoms with van der Waals surface area (Å²) in [5.74, 6) is 0.139. The third kappa shape index (κ3) is 5.66. The molecule has 1 heterocycles. The number of thiocarbonyl (C=S) groups is 1. The van der Waals surface area contributed by atoms with E-state index in [1.54, 1.807) is 12.1 Å². The van der Waals surface area contributed by atoms with Crippen molar-refractivity contribution >= 4 is 23.2 Å². The van der Waals surface area contributed by atoms with Gasteiger partial charge < -0.3 is 15.5 Å². The molecule has 6 heteroatoms. The number of carbonyl (C=O) groups excluding carboxylic acids is 1. The molecule has 4 nitrogen and oxygen atoms in total. The first-order valence-corrected chi connectivity index (χ1v) is 9.77. The van der Waals surface area contributed by atoms with Crippen LogP contribution in [0.1, 0.15) is 45.6 Å². The number of hydrogen-bond donors (Lipinski definition) is 2. The van der Waals surface area contributed by atoms with Gasteiger partial charge in [-0.2, -0.15) is 0 Å². The fourth-order valence-electron chi connectivity index (χ4n) is 3.24. The zero-order chi connectivity index (χ0) is 19.3. The van der Waals surface area contributed by atoms with E-state index in [4.69, 9.17) is 12.2 Å². The van der Waals surface area contributed by atoms with Crippen molar-refractivity contribution in [3.63, 3.8) is 0 Å². The van der Waals surface area contributed by atoms with E-state index in [0.717, 1.165) is 12.0 Å². The smallest absolute Gasteiger partial charge is 0.225 e. The molecule has 1 saturated heterocycles. The molecule has 0 aromatic heterocycles. The van der Waals surface area contributed by atoms with E-state index < -0.39 is 0 Å². The molecule has 2 atom stereocenters. The van der Waals surface area contributed by atoms with Crippen LogP contribution in [0.25, 0.3) is 0 Å². The van der Waals surface area contributed by atoms with E-state index in [1.807, 2.05) is 13.8 Å². The van der Waals surface area contributed by atoms with E-state index in [-0.39, 0.29) is 29.6 Å². The fraction of sp³-hybridized carbons (Fsp3) is 0.600. The molecule has 1 aliphatic rings. The fourth-order valence-corrected chi connectivity index (χ4v) is 3.62. The molecule has 1 aromatic rings. The standard InChI is InChI=1S/C20H30FN3OS/c1-13(2)9-10-22-19(25)18-12-24(20(26)23-14(3)4)11-17(18)15-5-7-16(21)8-6-15/h5-8,13-14,17-18H,9-12H2,1-4H3,(H,22,25)(H,23,26)/t17-,18+/m0/s1. The van der Waals surface area contributed by atoms with Crippen LogP contribution in [0, 0.1) is 17.7 Å². The summed E-state index contributed by atoms with van der Waals surface area (Å²) in [5.41, 5.74) is 0.977. The van der Waals surface area contributed by atoms with Crippen LogP contribution in [0.15, 0.2) is 24.3 Å². The Bertz CT molecular complexity index is 618. The Kier molecular flexibility index (Phi) is 7.38. The molecular weight excluding hydrogens is 349 g/mol. The van der Waals surface area contributed by atoms with E-state index in [2.05, 4.69) is 29.4 Å². The third-order valence-electron chi connectivity index (χ3n) is 4.68. The lowest BCUT2D eigenvalue weighted by molar-refractivity contribution is -0.124. The number of nitrogens with zero attached hydrogens (tertiary/aromatic N) is 1. The highest BCUT2D eigenvalue weighted by atomic mass is 32.1. The number of benzene rings is 1. The van der Waals surface area contributed by atoms with E-state index in [9.17, 15) is 9.18 Å². The SMILES string of the molecule is CC(C)CCNC(=O)[C@@H]1CN(C(=S)NC(C)C)C[C@H]1c1ccc(F)cc1. The summed E-state index contributed by atoms with van der Waals surface area (Å²) in [6.45, 7) is 10.3. The highest BCUT2D eigenvalue weighted by Crippen LogP contribution is 2.33. The minimum atomic E-state index is -0.265. The van der Waals surface area contributed by atoms with Crippen LogP contribution in [0.4, 0.5) is 4.39 Å². The van der Waals surface area contributed by atoms with Crippen molar-refractivity contribution in [1.82, 2.24) is 15.5 Å². The van der Waals surface area contributed by atoms with Crippen LogP contribution >= 0.6 is 12.2 Å². The zero-order valence-electron chi connectivity index (χ0n) is 16.1. The Labute approximate surface area is 161 Å². The maximum absolute atomic E-state index is 13.3. The molecule has 1 aromatic carbocycles. The number of rotatable bonds is 6. The Balaban J connectivity index is 2.13. The van der Waals surface area contributed by atoms with Gasteiger partial charge in [0.1, 0.15) is 5.82 Å². The Morgan fingerprint density at radius 2 is 1.88 bits per heavy atom. The van der Waals surface area contributed by atoms with Gasteiger partial charge in [0, 0.05) is 31.6 Å². The van der Waals surface area contributed by atoms with Crippen LogP contribution in [0.2, 0.25) is 0 Å². The Morgan fingerprint density at radius 1 is 1.23 bits per heavy atom. The second-order valence-electron chi connectivity index (χ2n) is 7.75. The van der Waals surface area contributed by atoms with Crippen molar-refractivity contribution in [3.8, 4) is 0 Å². The van der Waals surface area contributed by atoms with Crippen molar-refractivity contribution in [1.29, 1.82) is 0 Å². The predicted octanol–water partition coefficient (Wildman–Crippen LogP) is 3.29. The molecule has 0 saturated carbocycles. The largest absolute Gasteiger partial charge is 0.360 e. The van der Waals surface area contributed by atoms with Gasteiger partial charge in [-0.1, -0.05) is 26.0 Å². The lowest BCUT2D eigenvalue weighted by Gasteiger charge is -2.22. The average molecular weight is 380 g/mol. The van der Waals surface area contributed by atoms with Gasteiger partial charge in [-0.3, -0.25) is 4.79 Å². The summed E-state index contributed by atoms with van der Waals surface area (Å²) in [6, 6.07) is 6.70. The molecule has 2 rings (SSSR count). The molecule has 2 N–H and O–H groups in total. The first-order chi connectivity index (χ1) is 12.3. The van der Waals surface area contributed by atoms with Crippen molar-refractivity contribution in [2.24, 2.45) is 11.8 Å². The number of likely N-dealkylation sites (tertiary alicyclic amines) is 1. The highest BCUT2D eigenvalue weighted by molar-refractivity contribution is 7.80. The molecule has 1 aliphatic heterocycles. The van der Waals surface area contributed by atoms with E-state index in [0.29, 0.717) is 30.7 Å². The lowest BCUT2D eigenvalue weighted by Crippen LogP contribution is -2.42. The Morgan fingerprint density at radius 3 is 2.46 bits per heavy atom. The average Bonchev–Trinajstić information content (AvgIpc) is 3.00. The van der Waals surface area contributed by atoms with E-state index in [1.165, 1.54) is 12.1 Å². The number of nitrogens with one attached hydrogen (secondary N) is 2. The van der Waals surface area contributed by atoms with Gasteiger partial charge >= 0.3 is 0 Å². The van der Waals surface area contributed by atoms with Gasteiger partial charge in [-0.25, -0.2) is 4.39 Å². The van der Waals surface area contributed by atoms with Crippen LogP contribution in [-0.2, 0) is 4.79 Å². The van der Waals surface area contributed by atoms with Crippen molar-refractivity contribution < 1.29 is 9.18 Å². The normalized spacial score (nSPS) is 19.9. The highest BCUT2D eigenvalue weighted by Gasteiger charge is 2.39. The molecule has 1 fully saturated rings. The summed E-state index contributed by atoms with van der Waals surface area (Å²) < 4.78 is 13.3. The quantitative estimate of drug-likeness (QED) is 0.745. The topological polar surface area (TPSA) is 44.4 Å². The molecule has 144 valence electrons. The first kappa shape index (κ1) is 20.6. The van der Waals surface area contributed by atoms with Crippen LogP contribution in [0.5, 0.6) is 0 Å². The van der Waals surface area contributed by atoms with Crippen molar-refractivity contribution in [3.05, 3.63) is 35.6 Å². The predicted molar refractivity (Wildman–Crippen MR) is 108 cm³/mol. The second kappa shape index (κ2) is 9.31. The molecular formula is C20H30FN3OS. The first-order valence-electron chi connectivity index (χ1n) is 9.36. The van der Waals surface area contributed by atoms with Crippen LogP contribution < -0.4 is 10.6 Å². The minimum Gasteiger partial charge on any atom is -0.360 e. The molecule has 0 aliphatic carbocycles. The third-order valence-corrected chi connectivity index (χ3v) is 5.05. The number of halogens is 1. The van der Waals surface area contributed by atoms with Gasteiger partial charge in [0.05, 0.1) is 5.92 Å². The lowest BCUT2D eigenvalue weighted by atomic mass is 9.88. The summed E-state index contributed by atoms with van der Waals surface area (Å²) in [7, 11) is 0. The molecule has 1 amide bonds. The van der Waals surface area contributed by atoms with Crippen molar-refractivity contribution in [2.45, 2.75) is 46.1 Å². The summed E-state index contributed by atoms with van der Waals surface area (Å²) in [4.78, 5) is 14.8. The maximum Gasteiger partial charge on any atom is 0.225 e. The molecule has 0 radical (unpaired) electrons. The number of amides is 1. The van der Waals surface area contributed by atoms with Crippen molar-refractivity contribution in [2.75, 3.05) is 19.6 Å². The van der Waals surface area contributed by atoms with Crippen LogP contribution in [0.3, 0.4) is 0 Å². The summed E-state index contributed by atoms with van der Waals surface area (Å²) in [6.07, 6.45) is 0.955. The van der Waals surface area contributed by atoms with E-state index >= 15 is 0 Å². The number of hydrogen-bond acceptors (Lipinski definition) is 2. The zero-order valence-corrected chi connectivity index (χ0v) is 16.9. The second-order valence-corrected chi connectivity index (χ2v) is 8.13. The van der Waals surface area contributed by atoms with Gasteiger partial charge in [0.25, 0.3) is 0 Å². The van der Waals surface area contributed by atoms with Gasteiger partial charge in [0.15, 0.2) is 5.11 Å².